The second kappa shape index (κ2) is 4.77. The van der Waals surface area contributed by atoms with Crippen LogP contribution in [-0.2, 0) is 0 Å². The third-order valence-electron chi connectivity index (χ3n) is 3.47. The molecule has 0 N–H and O–H groups in total. The topological polar surface area (TPSA) is 31.2 Å². The number of thioether (sulfide) groups is 1. The van der Waals surface area contributed by atoms with Crippen LogP contribution in [0, 0.1) is 11.6 Å². The molecule has 0 radical (unpaired) electrons. The van der Waals surface area contributed by atoms with E-state index in [9.17, 15) is 13.6 Å². The van der Waals surface area contributed by atoms with Gasteiger partial charge in [0.05, 0.1) is 23.0 Å². The summed E-state index contributed by atoms with van der Waals surface area (Å²) in [5.41, 5.74) is 0.0317. The molecule has 0 atom stereocenters. The highest BCUT2D eigenvalue weighted by Crippen LogP contribution is 2.42. The van der Waals surface area contributed by atoms with Crippen molar-refractivity contribution < 1.29 is 13.5 Å². The largest absolute Gasteiger partial charge is 0.491 e. The average molecular weight is 297 g/mol. The Morgan fingerprint density at radius 2 is 2.05 bits per heavy atom. The van der Waals surface area contributed by atoms with Crippen molar-refractivity contribution >= 4 is 22.7 Å². The Hall–Kier alpha value is -1.56. The summed E-state index contributed by atoms with van der Waals surface area (Å²) in [5, 5.41) is 0.903. The molecule has 1 fully saturated rings. The fourth-order valence-corrected chi connectivity index (χ4v) is 3.09. The number of nitrogens with zero attached hydrogens (tertiary/aromatic N) is 1. The SMILES string of the molecule is COc1c(F)c(F)cc2c(=O)cc(SC)n(C3CC3)c12. The molecule has 1 aliphatic rings. The van der Waals surface area contributed by atoms with Gasteiger partial charge in [0.25, 0.3) is 0 Å². The molecule has 3 nitrogen and oxygen atoms in total. The van der Waals surface area contributed by atoms with Gasteiger partial charge in [-0.3, -0.25) is 4.79 Å². The van der Waals surface area contributed by atoms with E-state index in [0.29, 0.717) is 5.52 Å². The summed E-state index contributed by atoms with van der Waals surface area (Å²) in [6.45, 7) is 0. The van der Waals surface area contributed by atoms with Crippen molar-refractivity contribution in [3.8, 4) is 5.75 Å². The van der Waals surface area contributed by atoms with Gasteiger partial charge in [0.15, 0.2) is 17.0 Å². The van der Waals surface area contributed by atoms with Gasteiger partial charge in [0.2, 0.25) is 5.82 Å². The first-order valence-corrected chi connectivity index (χ1v) is 7.46. The van der Waals surface area contributed by atoms with Gasteiger partial charge in [-0.2, -0.15) is 4.39 Å². The molecule has 0 amide bonds. The molecule has 1 saturated carbocycles. The minimum atomic E-state index is -1.06. The lowest BCUT2D eigenvalue weighted by Gasteiger charge is -2.17. The van der Waals surface area contributed by atoms with E-state index in [0.717, 1.165) is 23.9 Å². The van der Waals surface area contributed by atoms with E-state index < -0.39 is 11.6 Å². The van der Waals surface area contributed by atoms with Gasteiger partial charge in [-0.05, 0) is 25.2 Å². The summed E-state index contributed by atoms with van der Waals surface area (Å²) in [6.07, 6.45) is 3.78. The standard InChI is InChI=1S/C14H13F2NO2S/c1-19-14-12(16)9(15)5-8-10(18)6-11(20-2)17(13(8)14)7-3-4-7/h5-7H,3-4H2,1-2H3. The minimum absolute atomic E-state index is 0.158. The summed E-state index contributed by atoms with van der Waals surface area (Å²) in [5.74, 6) is -2.31. The molecule has 0 saturated heterocycles. The lowest BCUT2D eigenvalue weighted by molar-refractivity contribution is 0.374. The number of ether oxygens (including phenoxy) is 1. The maximum absolute atomic E-state index is 13.9. The summed E-state index contributed by atoms with van der Waals surface area (Å²) in [7, 11) is 1.28. The lowest BCUT2D eigenvalue weighted by Crippen LogP contribution is -2.13. The molecule has 0 spiro atoms. The number of rotatable bonds is 3. The molecule has 0 bridgehead atoms. The second-order valence-corrected chi connectivity index (χ2v) is 5.58. The number of aromatic nitrogens is 1. The van der Waals surface area contributed by atoms with Crippen LogP contribution in [-0.4, -0.2) is 17.9 Å². The number of benzene rings is 1. The number of pyridine rings is 1. The van der Waals surface area contributed by atoms with Crippen LogP contribution in [0.4, 0.5) is 8.78 Å². The third kappa shape index (κ3) is 1.90. The smallest absolute Gasteiger partial charge is 0.202 e. The Bertz CT molecular complexity index is 753. The normalized spacial score (nSPS) is 14.8. The van der Waals surface area contributed by atoms with Crippen molar-refractivity contribution in [2.24, 2.45) is 0 Å². The Labute approximate surface area is 118 Å². The zero-order valence-electron chi connectivity index (χ0n) is 11.1. The van der Waals surface area contributed by atoms with Crippen LogP contribution in [0.15, 0.2) is 22.0 Å². The van der Waals surface area contributed by atoms with E-state index in [2.05, 4.69) is 0 Å². The molecule has 1 aromatic carbocycles. The number of methoxy groups -OCH3 is 1. The van der Waals surface area contributed by atoms with Gasteiger partial charge in [-0.1, -0.05) is 0 Å². The highest BCUT2D eigenvalue weighted by atomic mass is 32.2. The molecule has 0 unspecified atom stereocenters. The fourth-order valence-electron chi connectivity index (χ4n) is 2.43. The molecule has 106 valence electrons. The molecule has 0 aliphatic heterocycles. The van der Waals surface area contributed by atoms with Gasteiger partial charge >= 0.3 is 0 Å². The predicted molar refractivity (Wildman–Crippen MR) is 74.7 cm³/mol. The number of hydrogen-bond acceptors (Lipinski definition) is 3. The maximum atomic E-state index is 13.9. The van der Waals surface area contributed by atoms with Crippen molar-refractivity contribution in [2.75, 3.05) is 13.4 Å². The monoisotopic (exact) mass is 297 g/mol. The van der Waals surface area contributed by atoms with Crippen molar-refractivity contribution in [3.05, 3.63) is 34.0 Å². The molecular weight excluding hydrogens is 284 g/mol. The van der Waals surface area contributed by atoms with E-state index in [-0.39, 0.29) is 22.6 Å². The van der Waals surface area contributed by atoms with Gasteiger partial charge in [0, 0.05) is 12.1 Å². The minimum Gasteiger partial charge on any atom is -0.491 e. The molecule has 3 rings (SSSR count). The van der Waals surface area contributed by atoms with Crippen LogP contribution in [0.3, 0.4) is 0 Å². The Morgan fingerprint density at radius 1 is 1.35 bits per heavy atom. The quantitative estimate of drug-likeness (QED) is 0.814. The van der Waals surface area contributed by atoms with Crippen molar-refractivity contribution in [2.45, 2.75) is 23.9 Å². The van der Waals surface area contributed by atoms with E-state index in [1.165, 1.54) is 24.9 Å². The first-order valence-electron chi connectivity index (χ1n) is 6.23. The number of halogens is 2. The molecule has 1 heterocycles. The van der Waals surface area contributed by atoms with Gasteiger partial charge in [-0.25, -0.2) is 4.39 Å². The van der Waals surface area contributed by atoms with Crippen LogP contribution < -0.4 is 10.2 Å². The van der Waals surface area contributed by atoms with Crippen molar-refractivity contribution in [3.63, 3.8) is 0 Å². The summed E-state index contributed by atoms with van der Waals surface area (Å²) >= 11 is 1.41. The number of fused-ring (bicyclic) bond motifs is 1. The zero-order chi connectivity index (χ0) is 14.4. The highest BCUT2D eigenvalue weighted by Gasteiger charge is 2.30. The first kappa shape index (κ1) is 13.4. The van der Waals surface area contributed by atoms with E-state index >= 15 is 0 Å². The van der Waals surface area contributed by atoms with E-state index in [1.54, 1.807) is 0 Å². The molecule has 2 aromatic rings. The third-order valence-corrected chi connectivity index (χ3v) is 4.21. The van der Waals surface area contributed by atoms with Crippen LogP contribution in [0.1, 0.15) is 18.9 Å². The Kier molecular flexibility index (Phi) is 3.20. The van der Waals surface area contributed by atoms with Crippen molar-refractivity contribution in [1.82, 2.24) is 4.57 Å². The predicted octanol–water partition coefficient (Wildman–Crippen LogP) is 3.35. The Morgan fingerprint density at radius 3 is 2.60 bits per heavy atom. The Balaban J connectivity index is 2.52. The van der Waals surface area contributed by atoms with E-state index in [1.807, 2.05) is 10.8 Å². The van der Waals surface area contributed by atoms with Crippen LogP contribution in [0.2, 0.25) is 0 Å². The van der Waals surface area contributed by atoms with Crippen LogP contribution in [0.25, 0.3) is 10.9 Å². The van der Waals surface area contributed by atoms with Crippen molar-refractivity contribution in [1.29, 1.82) is 0 Å². The van der Waals surface area contributed by atoms with Crippen LogP contribution in [0.5, 0.6) is 5.75 Å². The van der Waals surface area contributed by atoms with Gasteiger partial charge in [0.1, 0.15) is 0 Å². The van der Waals surface area contributed by atoms with Crippen LogP contribution >= 0.6 is 11.8 Å². The first-order chi connectivity index (χ1) is 9.58. The fraction of sp³-hybridized carbons (Fsp3) is 0.357. The molecule has 1 aromatic heterocycles. The molecular formula is C14H13F2NO2S. The maximum Gasteiger partial charge on any atom is 0.202 e. The molecule has 1 aliphatic carbocycles. The second-order valence-electron chi connectivity index (χ2n) is 4.75. The lowest BCUT2D eigenvalue weighted by atomic mass is 10.1. The van der Waals surface area contributed by atoms with Gasteiger partial charge < -0.3 is 9.30 Å². The highest BCUT2D eigenvalue weighted by molar-refractivity contribution is 7.98. The summed E-state index contributed by atoms with van der Waals surface area (Å²) in [6, 6.07) is 2.65. The molecule has 6 heteroatoms. The average Bonchev–Trinajstić information content (AvgIpc) is 3.25. The van der Waals surface area contributed by atoms with Gasteiger partial charge in [-0.15, -0.1) is 11.8 Å². The summed E-state index contributed by atoms with van der Waals surface area (Å²) in [4.78, 5) is 12.1. The zero-order valence-corrected chi connectivity index (χ0v) is 11.9. The molecule has 20 heavy (non-hydrogen) atoms. The number of hydrogen-bond donors (Lipinski definition) is 0. The summed E-state index contributed by atoms with van der Waals surface area (Å²) < 4.78 is 34.5. The van der Waals surface area contributed by atoms with E-state index in [4.69, 9.17) is 4.74 Å².